The molecule has 1 aromatic rings. The summed E-state index contributed by atoms with van der Waals surface area (Å²) in [5, 5.41) is 22.0. The van der Waals surface area contributed by atoms with Gasteiger partial charge in [0.15, 0.2) is 0 Å². The number of hydrogen-bond donors (Lipinski definition) is 3. The first-order chi connectivity index (χ1) is 8.51. The number of methoxy groups -OCH3 is 1. The molecule has 2 unspecified atom stereocenters. The third kappa shape index (κ3) is 3.22. The highest BCUT2D eigenvalue weighted by Gasteiger charge is 2.21. The lowest BCUT2D eigenvalue weighted by Crippen LogP contribution is -2.29. The van der Waals surface area contributed by atoms with Crippen molar-refractivity contribution in [1.82, 2.24) is 10.3 Å². The van der Waals surface area contributed by atoms with Gasteiger partial charge in [-0.1, -0.05) is 0 Å². The molecule has 2 atom stereocenters. The monoisotopic (exact) mass is 258 g/mol. The molecule has 0 saturated carbocycles. The lowest BCUT2D eigenvalue weighted by molar-refractivity contribution is 0.0198. The van der Waals surface area contributed by atoms with Gasteiger partial charge in [0.05, 0.1) is 13.2 Å². The van der Waals surface area contributed by atoms with Gasteiger partial charge in [-0.05, 0) is 13.1 Å². The van der Waals surface area contributed by atoms with Crippen molar-refractivity contribution < 1.29 is 24.1 Å². The number of halogens is 1. The highest BCUT2D eigenvalue weighted by atomic mass is 19.1. The second kappa shape index (κ2) is 6.39. The molecular formula is C11H15FN2O4. The van der Waals surface area contributed by atoms with E-state index in [0.29, 0.717) is 0 Å². The summed E-state index contributed by atoms with van der Waals surface area (Å²) in [5.41, 5.74) is -0.245. The van der Waals surface area contributed by atoms with Crippen LogP contribution in [0.1, 0.15) is 22.0 Å². The van der Waals surface area contributed by atoms with Gasteiger partial charge in [-0.25, -0.2) is 9.78 Å². The normalized spacial score (nSPS) is 14.1. The summed E-state index contributed by atoms with van der Waals surface area (Å²) in [4.78, 5) is 14.6. The molecule has 6 nitrogen and oxygen atoms in total. The van der Waals surface area contributed by atoms with Crippen LogP contribution in [0, 0.1) is 5.95 Å². The number of carbonyl (C=O) groups is 1. The average molecular weight is 258 g/mol. The number of rotatable bonds is 5. The van der Waals surface area contributed by atoms with Crippen LogP contribution in [0.15, 0.2) is 12.3 Å². The fourth-order valence-electron chi connectivity index (χ4n) is 1.42. The van der Waals surface area contributed by atoms with Crippen molar-refractivity contribution in [3.05, 3.63) is 29.3 Å². The SMILES string of the molecule is CNCC(O)C(O)c1cnc(F)c(C(=O)OC)c1. The topological polar surface area (TPSA) is 91.7 Å². The lowest BCUT2D eigenvalue weighted by atomic mass is 10.0. The van der Waals surface area contributed by atoms with Crippen LogP contribution in [-0.2, 0) is 4.74 Å². The van der Waals surface area contributed by atoms with Crippen LogP contribution in [0.25, 0.3) is 0 Å². The Morgan fingerprint density at radius 1 is 1.61 bits per heavy atom. The van der Waals surface area contributed by atoms with Gasteiger partial charge in [0.2, 0.25) is 5.95 Å². The van der Waals surface area contributed by atoms with E-state index in [1.165, 1.54) is 0 Å². The molecule has 0 saturated heterocycles. The maximum Gasteiger partial charge on any atom is 0.342 e. The van der Waals surface area contributed by atoms with Crippen LogP contribution in [0.5, 0.6) is 0 Å². The minimum absolute atomic E-state index is 0.138. The molecule has 0 spiro atoms. The van der Waals surface area contributed by atoms with Gasteiger partial charge < -0.3 is 20.3 Å². The Hall–Kier alpha value is -1.57. The van der Waals surface area contributed by atoms with Crippen molar-refractivity contribution in [1.29, 1.82) is 0 Å². The minimum Gasteiger partial charge on any atom is -0.465 e. The highest BCUT2D eigenvalue weighted by Crippen LogP contribution is 2.18. The highest BCUT2D eigenvalue weighted by molar-refractivity contribution is 5.89. The zero-order valence-corrected chi connectivity index (χ0v) is 10.1. The quantitative estimate of drug-likeness (QED) is 0.492. The van der Waals surface area contributed by atoms with Gasteiger partial charge in [-0.2, -0.15) is 4.39 Å². The number of hydrogen-bond acceptors (Lipinski definition) is 6. The second-order valence-electron chi connectivity index (χ2n) is 3.67. The Labute approximate surface area is 103 Å². The number of aliphatic hydroxyl groups excluding tert-OH is 2. The van der Waals surface area contributed by atoms with Gasteiger partial charge in [-0.15, -0.1) is 0 Å². The number of likely N-dealkylation sites (N-methyl/N-ethyl adjacent to an activating group) is 1. The number of nitrogens with one attached hydrogen (secondary N) is 1. The summed E-state index contributed by atoms with van der Waals surface area (Å²) in [6, 6.07) is 1.11. The van der Waals surface area contributed by atoms with E-state index in [-0.39, 0.29) is 17.7 Å². The summed E-state index contributed by atoms with van der Waals surface area (Å²) >= 11 is 0. The summed E-state index contributed by atoms with van der Waals surface area (Å²) < 4.78 is 17.6. The molecule has 0 aliphatic carbocycles. The Bertz CT molecular complexity index is 428. The number of pyridine rings is 1. The molecule has 0 aliphatic rings. The van der Waals surface area contributed by atoms with E-state index in [1.54, 1.807) is 7.05 Å². The van der Waals surface area contributed by atoms with Crippen LogP contribution in [0.3, 0.4) is 0 Å². The molecule has 7 heteroatoms. The third-order valence-corrected chi connectivity index (χ3v) is 2.38. The lowest BCUT2D eigenvalue weighted by Gasteiger charge is -2.17. The summed E-state index contributed by atoms with van der Waals surface area (Å²) in [6.45, 7) is 0.145. The third-order valence-electron chi connectivity index (χ3n) is 2.38. The standard InChI is InChI=1S/C11H15FN2O4/c1-13-5-8(15)9(16)6-3-7(11(17)18-2)10(12)14-4-6/h3-4,8-9,13,15-16H,5H2,1-2H3. The number of carbonyl (C=O) groups excluding carboxylic acids is 1. The largest absolute Gasteiger partial charge is 0.465 e. The Kier molecular flexibility index (Phi) is 5.14. The van der Waals surface area contributed by atoms with E-state index in [0.717, 1.165) is 19.4 Å². The van der Waals surface area contributed by atoms with E-state index in [2.05, 4.69) is 15.0 Å². The maximum atomic E-state index is 13.3. The van der Waals surface area contributed by atoms with Crippen LogP contribution in [-0.4, -0.2) is 48.0 Å². The molecule has 3 N–H and O–H groups in total. The first-order valence-corrected chi connectivity index (χ1v) is 5.25. The number of nitrogens with zero attached hydrogens (tertiary/aromatic N) is 1. The van der Waals surface area contributed by atoms with Crippen LogP contribution in [0.2, 0.25) is 0 Å². The van der Waals surface area contributed by atoms with Gasteiger partial charge in [0.1, 0.15) is 11.7 Å². The molecular weight excluding hydrogens is 243 g/mol. The minimum atomic E-state index is -1.27. The van der Waals surface area contributed by atoms with E-state index >= 15 is 0 Å². The zero-order chi connectivity index (χ0) is 13.7. The Morgan fingerprint density at radius 2 is 2.28 bits per heavy atom. The fraction of sp³-hybridized carbons (Fsp3) is 0.455. The molecule has 1 heterocycles. The first kappa shape index (κ1) is 14.5. The molecule has 0 aromatic carbocycles. The molecule has 0 amide bonds. The Morgan fingerprint density at radius 3 is 2.83 bits per heavy atom. The number of esters is 1. The van der Waals surface area contributed by atoms with Crippen molar-refractivity contribution in [2.24, 2.45) is 0 Å². The predicted molar refractivity (Wildman–Crippen MR) is 60.4 cm³/mol. The Balaban J connectivity index is 3.00. The van der Waals surface area contributed by atoms with Gasteiger partial charge >= 0.3 is 5.97 Å². The molecule has 18 heavy (non-hydrogen) atoms. The molecule has 0 bridgehead atoms. The molecule has 100 valence electrons. The average Bonchev–Trinajstić information content (AvgIpc) is 2.38. The predicted octanol–water partition coefficient (Wildman–Crippen LogP) is -0.379. The summed E-state index contributed by atoms with van der Waals surface area (Å²) in [5.74, 6) is -1.88. The van der Waals surface area contributed by atoms with E-state index in [1.807, 2.05) is 0 Å². The van der Waals surface area contributed by atoms with Crippen molar-refractivity contribution in [3.63, 3.8) is 0 Å². The van der Waals surface area contributed by atoms with Crippen molar-refractivity contribution in [2.75, 3.05) is 20.7 Å². The molecule has 1 aromatic heterocycles. The molecule has 1 rings (SSSR count). The van der Waals surface area contributed by atoms with Gasteiger partial charge in [-0.3, -0.25) is 0 Å². The summed E-state index contributed by atoms with van der Waals surface area (Å²) in [7, 11) is 2.72. The first-order valence-electron chi connectivity index (χ1n) is 5.25. The molecule has 0 fully saturated rings. The maximum absolute atomic E-state index is 13.3. The van der Waals surface area contributed by atoms with Gasteiger partial charge in [0, 0.05) is 18.3 Å². The number of ether oxygens (including phenoxy) is 1. The van der Waals surface area contributed by atoms with E-state index in [9.17, 15) is 19.4 Å². The van der Waals surface area contributed by atoms with Crippen LogP contribution in [0.4, 0.5) is 4.39 Å². The fourth-order valence-corrected chi connectivity index (χ4v) is 1.42. The zero-order valence-electron chi connectivity index (χ0n) is 10.1. The van der Waals surface area contributed by atoms with E-state index < -0.39 is 24.1 Å². The smallest absolute Gasteiger partial charge is 0.342 e. The second-order valence-corrected chi connectivity index (χ2v) is 3.67. The molecule has 0 radical (unpaired) electrons. The van der Waals surface area contributed by atoms with Crippen LogP contribution >= 0.6 is 0 Å². The van der Waals surface area contributed by atoms with Crippen molar-refractivity contribution in [3.8, 4) is 0 Å². The van der Waals surface area contributed by atoms with E-state index in [4.69, 9.17) is 0 Å². The number of aliphatic hydroxyl groups is 2. The summed E-state index contributed by atoms with van der Waals surface area (Å²) in [6.07, 6.45) is -1.30. The van der Waals surface area contributed by atoms with Crippen molar-refractivity contribution >= 4 is 5.97 Å². The number of aromatic nitrogens is 1. The van der Waals surface area contributed by atoms with Gasteiger partial charge in [0.25, 0.3) is 0 Å². The molecule has 0 aliphatic heterocycles. The van der Waals surface area contributed by atoms with Crippen LogP contribution < -0.4 is 5.32 Å². The van der Waals surface area contributed by atoms with Crippen molar-refractivity contribution in [2.45, 2.75) is 12.2 Å².